The molecule has 0 aromatic carbocycles. The Morgan fingerprint density at radius 2 is 2.11 bits per heavy atom. The number of nitrogens with zero attached hydrogens (tertiary/aromatic N) is 3. The fraction of sp³-hybridized carbons (Fsp3) is 0.750. The van der Waals surface area contributed by atoms with E-state index in [1.54, 1.807) is 10.8 Å². The van der Waals surface area contributed by atoms with Crippen molar-refractivity contribution in [3.8, 4) is 0 Å². The molecule has 0 unspecified atom stereocenters. The highest BCUT2D eigenvalue weighted by atomic mass is 28.4. The molecule has 19 heavy (non-hydrogen) atoms. The molecule has 1 heterocycles. The molecule has 0 atom stereocenters. The van der Waals surface area contributed by atoms with Crippen LogP contribution < -0.4 is 0 Å². The largest absolute Gasteiger partial charge is 0.434 e. The third-order valence-electron chi connectivity index (χ3n) is 3.67. The molecule has 0 aliphatic heterocycles. The average molecular weight is 285 g/mol. The maximum absolute atomic E-state index is 10.7. The van der Waals surface area contributed by atoms with E-state index in [0.29, 0.717) is 13.2 Å². The molecule has 0 amide bonds. The quantitative estimate of drug-likeness (QED) is 0.348. The number of hydrogen-bond donors (Lipinski definition) is 0. The number of hydrogen-bond acceptors (Lipinski definition) is 4. The lowest BCUT2D eigenvalue weighted by molar-refractivity contribution is -0.396. The Kier molecular flexibility index (Phi) is 4.86. The van der Waals surface area contributed by atoms with Crippen molar-refractivity contribution in [3.63, 3.8) is 0 Å². The van der Waals surface area contributed by atoms with Crippen LogP contribution in [0.4, 0.5) is 5.95 Å². The molecular formula is C12H23N3O3Si. The molecular weight excluding hydrogens is 262 g/mol. The van der Waals surface area contributed by atoms with Gasteiger partial charge in [-0.2, -0.15) is 0 Å². The monoisotopic (exact) mass is 285 g/mol. The van der Waals surface area contributed by atoms with E-state index >= 15 is 0 Å². The van der Waals surface area contributed by atoms with Gasteiger partial charge in [-0.05, 0) is 23.1 Å². The molecule has 7 heteroatoms. The Bertz CT molecular complexity index is 438. The van der Waals surface area contributed by atoms with Gasteiger partial charge in [0, 0.05) is 13.0 Å². The number of aromatic nitrogens is 2. The Morgan fingerprint density at radius 3 is 2.63 bits per heavy atom. The lowest BCUT2D eigenvalue weighted by atomic mass is 10.2. The summed E-state index contributed by atoms with van der Waals surface area (Å²) in [5.74, 6) is -0.104. The minimum Gasteiger partial charge on any atom is -0.417 e. The Morgan fingerprint density at radius 1 is 1.47 bits per heavy atom. The molecule has 1 aromatic heterocycles. The summed E-state index contributed by atoms with van der Waals surface area (Å²) < 4.78 is 7.58. The van der Waals surface area contributed by atoms with Gasteiger partial charge in [0.05, 0.1) is 6.54 Å². The number of imidazole rings is 1. The predicted octanol–water partition coefficient (Wildman–Crippen LogP) is 3.20. The van der Waals surface area contributed by atoms with Crippen molar-refractivity contribution in [3.05, 3.63) is 22.5 Å². The maximum Gasteiger partial charge on any atom is 0.434 e. The minimum absolute atomic E-state index is 0.104. The standard InChI is InChI=1S/C12H23N3O3Si/c1-12(2,3)19(4,5)18-10-6-8-14-9-7-13-11(14)15(16)17/h7,9H,6,8,10H2,1-5H3. The third kappa shape index (κ3) is 4.14. The lowest BCUT2D eigenvalue weighted by Crippen LogP contribution is -2.41. The molecule has 0 saturated carbocycles. The van der Waals surface area contributed by atoms with Gasteiger partial charge in [-0.1, -0.05) is 25.8 Å². The van der Waals surface area contributed by atoms with Gasteiger partial charge in [0.25, 0.3) is 0 Å². The average Bonchev–Trinajstić information content (AvgIpc) is 2.71. The van der Waals surface area contributed by atoms with Crippen LogP contribution >= 0.6 is 0 Å². The van der Waals surface area contributed by atoms with E-state index in [1.165, 1.54) is 6.20 Å². The highest BCUT2D eigenvalue weighted by Gasteiger charge is 2.36. The Labute approximate surface area is 115 Å². The van der Waals surface area contributed by atoms with Gasteiger partial charge in [-0.25, -0.2) is 4.57 Å². The van der Waals surface area contributed by atoms with Crippen LogP contribution in [0.15, 0.2) is 12.4 Å². The van der Waals surface area contributed by atoms with E-state index in [1.807, 2.05) is 0 Å². The fourth-order valence-electron chi connectivity index (χ4n) is 1.43. The molecule has 108 valence electrons. The van der Waals surface area contributed by atoms with E-state index in [9.17, 15) is 10.1 Å². The van der Waals surface area contributed by atoms with Crippen LogP contribution in [-0.4, -0.2) is 29.4 Å². The molecule has 0 spiro atoms. The zero-order valence-electron chi connectivity index (χ0n) is 12.3. The molecule has 1 rings (SSSR count). The van der Waals surface area contributed by atoms with Gasteiger partial charge in [-0.3, -0.25) is 0 Å². The number of aryl methyl sites for hydroxylation is 1. The summed E-state index contributed by atoms with van der Waals surface area (Å²) in [6, 6.07) is 0. The summed E-state index contributed by atoms with van der Waals surface area (Å²) in [7, 11) is -1.72. The van der Waals surface area contributed by atoms with Crippen LogP contribution in [0.25, 0.3) is 0 Å². The molecule has 0 aliphatic carbocycles. The smallest absolute Gasteiger partial charge is 0.417 e. The van der Waals surface area contributed by atoms with Crippen molar-refractivity contribution in [1.82, 2.24) is 9.55 Å². The topological polar surface area (TPSA) is 70.2 Å². The van der Waals surface area contributed by atoms with Crippen molar-refractivity contribution in [2.24, 2.45) is 0 Å². The summed E-state index contributed by atoms with van der Waals surface area (Å²) in [6.07, 6.45) is 3.83. The van der Waals surface area contributed by atoms with E-state index < -0.39 is 13.2 Å². The summed E-state index contributed by atoms with van der Waals surface area (Å²) in [5.41, 5.74) is 0. The summed E-state index contributed by atoms with van der Waals surface area (Å²) in [5, 5.41) is 10.9. The van der Waals surface area contributed by atoms with Crippen molar-refractivity contribution in [2.75, 3.05) is 6.61 Å². The normalized spacial score (nSPS) is 12.7. The molecule has 0 fully saturated rings. The fourth-order valence-corrected chi connectivity index (χ4v) is 2.51. The van der Waals surface area contributed by atoms with Crippen LogP contribution in [0.2, 0.25) is 18.1 Å². The Balaban J connectivity index is 2.44. The molecule has 0 bridgehead atoms. The van der Waals surface area contributed by atoms with Crippen molar-refractivity contribution in [2.45, 2.75) is 51.9 Å². The van der Waals surface area contributed by atoms with Crippen LogP contribution in [-0.2, 0) is 11.0 Å². The highest BCUT2D eigenvalue weighted by Crippen LogP contribution is 2.36. The summed E-state index contributed by atoms with van der Waals surface area (Å²) in [4.78, 5) is 14.0. The first kappa shape index (κ1) is 15.8. The predicted molar refractivity (Wildman–Crippen MR) is 76.6 cm³/mol. The first-order chi connectivity index (χ1) is 8.65. The van der Waals surface area contributed by atoms with Gasteiger partial charge in [0.15, 0.2) is 8.32 Å². The van der Waals surface area contributed by atoms with Crippen LogP contribution in [0.5, 0.6) is 0 Å². The molecule has 0 radical (unpaired) electrons. The van der Waals surface area contributed by atoms with Crippen molar-refractivity contribution in [1.29, 1.82) is 0 Å². The van der Waals surface area contributed by atoms with E-state index in [4.69, 9.17) is 4.43 Å². The maximum atomic E-state index is 10.7. The van der Waals surface area contributed by atoms with Gasteiger partial charge < -0.3 is 14.5 Å². The Hall–Kier alpha value is -1.21. The van der Waals surface area contributed by atoms with Gasteiger partial charge in [-0.15, -0.1) is 0 Å². The lowest BCUT2D eigenvalue weighted by Gasteiger charge is -2.36. The van der Waals surface area contributed by atoms with Crippen molar-refractivity contribution < 1.29 is 9.35 Å². The molecule has 0 N–H and O–H groups in total. The second-order valence-electron chi connectivity index (χ2n) is 6.14. The first-order valence-corrected chi connectivity index (χ1v) is 9.35. The van der Waals surface area contributed by atoms with Crippen molar-refractivity contribution >= 4 is 14.3 Å². The van der Waals surface area contributed by atoms with Gasteiger partial charge in [0.2, 0.25) is 0 Å². The zero-order chi connectivity index (χ0) is 14.7. The molecule has 6 nitrogen and oxygen atoms in total. The number of nitro groups is 1. The minimum atomic E-state index is -1.72. The molecule has 1 aromatic rings. The van der Waals surface area contributed by atoms with Gasteiger partial charge >= 0.3 is 5.95 Å². The molecule has 0 saturated heterocycles. The highest BCUT2D eigenvalue weighted by molar-refractivity contribution is 6.74. The number of rotatable bonds is 6. The first-order valence-electron chi connectivity index (χ1n) is 6.44. The van der Waals surface area contributed by atoms with Crippen LogP contribution in [0.1, 0.15) is 27.2 Å². The van der Waals surface area contributed by atoms with E-state index in [-0.39, 0.29) is 11.0 Å². The molecule has 0 aliphatic rings. The van der Waals surface area contributed by atoms with E-state index in [0.717, 1.165) is 6.42 Å². The second-order valence-corrected chi connectivity index (χ2v) is 10.9. The second kappa shape index (κ2) is 5.83. The zero-order valence-corrected chi connectivity index (χ0v) is 13.3. The van der Waals surface area contributed by atoms with Crippen LogP contribution in [0.3, 0.4) is 0 Å². The SMILES string of the molecule is CC(C)(C)[Si](C)(C)OCCCn1ccnc1[N+](=O)[O-]. The third-order valence-corrected chi connectivity index (χ3v) is 8.21. The summed E-state index contributed by atoms with van der Waals surface area (Å²) in [6.45, 7) is 12.2. The van der Waals surface area contributed by atoms with E-state index in [2.05, 4.69) is 38.8 Å². The van der Waals surface area contributed by atoms with Gasteiger partial charge in [0.1, 0.15) is 12.4 Å². The summed E-state index contributed by atoms with van der Waals surface area (Å²) >= 11 is 0. The van der Waals surface area contributed by atoms with Crippen LogP contribution in [0, 0.1) is 10.1 Å².